The van der Waals surface area contributed by atoms with Crippen molar-refractivity contribution in [2.75, 3.05) is 18.0 Å². The molecule has 0 bridgehead atoms. The molecule has 0 fully saturated rings. The van der Waals surface area contributed by atoms with Gasteiger partial charge in [0.25, 0.3) is 5.70 Å². The van der Waals surface area contributed by atoms with Crippen molar-refractivity contribution in [1.29, 1.82) is 5.26 Å². The number of nitrogens with zero attached hydrogens (tertiary/aromatic N) is 3. The van der Waals surface area contributed by atoms with Crippen LogP contribution < -0.4 is 4.90 Å². The summed E-state index contributed by atoms with van der Waals surface area (Å²) in [6.45, 7) is 15.8. The lowest BCUT2D eigenvalue weighted by molar-refractivity contribution is 0.223. The number of anilines is 1. The van der Waals surface area contributed by atoms with Gasteiger partial charge in [-0.05, 0) is 78.3 Å². The predicted molar refractivity (Wildman–Crippen MR) is 120 cm³/mol. The molecule has 0 radical (unpaired) electrons. The minimum Gasteiger partial charge on any atom is -0.461 e. The largest absolute Gasteiger partial charge is 0.461 e. The first-order valence-corrected chi connectivity index (χ1v) is 10.6. The van der Waals surface area contributed by atoms with Crippen molar-refractivity contribution in [2.45, 2.75) is 46.5 Å². The van der Waals surface area contributed by atoms with Crippen LogP contribution in [0, 0.1) is 23.3 Å². The van der Waals surface area contributed by atoms with E-state index in [1.807, 2.05) is 18.2 Å². The zero-order valence-electron chi connectivity index (χ0n) is 18.0. The Labute approximate surface area is 179 Å². The summed E-state index contributed by atoms with van der Waals surface area (Å²) in [7, 11) is 0. The van der Waals surface area contributed by atoms with Crippen LogP contribution >= 0.6 is 0 Å². The maximum absolute atomic E-state index is 9.32. The first-order chi connectivity index (χ1) is 14.4. The smallest absolute Gasteiger partial charge is 0.269 e. The fourth-order valence-electron chi connectivity index (χ4n) is 4.37. The molecule has 0 saturated carbocycles. The van der Waals surface area contributed by atoms with E-state index in [2.05, 4.69) is 48.7 Å². The molecule has 152 valence electrons. The van der Waals surface area contributed by atoms with Crippen molar-refractivity contribution in [3.63, 3.8) is 0 Å². The number of benzene rings is 1. The topological polar surface area (TPSA) is 40.6 Å². The van der Waals surface area contributed by atoms with Gasteiger partial charge in [-0.1, -0.05) is 26.8 Å². The number of aryl methyl sites for hydroxylation is 2. The first kappa shape index (κ1) is 20.0. The lowest BCUT2D eigenvalue weighted by Gasteiger charge is -2.37. The minimum absolute atomic E-state index is 0.0873. The van der Waals surface area contributed by atoms with Gasteiger partial charge in [-0.15, -0.1) is 0 Å². The van der Waals surface area contributed by atoms with Crippen molar-refractivity contribution in [3.05, 3.63) is 81.3 Å². The Kier molecular flexibility index (Phi) is 5.27. The Balaban J connectivity index is 1.68. The molecule has 0 spiro atoms. The van der Waals surface area contributed by atoms with Gasteiger partial charge in [-0.2, -0.15) is 0 Å². The van der Waals surface area contributed by atoms with Crippen molar-refractivity contribution in [2.24, 2.45) is 5.41 Å². The first-order valence-electron chi connectivity index (χ1n) is 10.6. The fourth-order valence-corrected chi connectivity index (χ4v) is 4.37. The summed E-state index contributed by atoms with van der Waals surface area (Å²) in [6, 6.07) is 6.60. The third kappa shape index (κ3) is 3.91. The van der Waals surface area contributed by atoms with Gasteiger partial charge in [0.1, 0.15) is 11.5 Å². The Morgan fingerprint density at radius 3 is 2.37 bits per heavy atom. The number of rotatable bonds is 2. The summed E-state index contributed by atoms with van der Waals surface area (Å²) in [5.74, 6) is 1.41. The molecular weight excluding hydrogens is 370 g/mol. The van der Waals surface area contributed by atoms with E-state index in [1.54, 1.807) is 6.08 Å². The summed E-state index contributed by atoms with van der Waals surface area (Å²) in [5, 5.41) is 9.32. The second kappa shape index (κ2) is 7.88. The molecule has 4 nitrogen and oxygen atoms in total. The highest BCUT2D eigenvalue weighted by atomic mass is 16.5. The van der Waals surface area contributed by atoms with Gasteiger partial charge in [0.15, 0.2) is 0 Å². The standard InChI is InChI=1S/C26H27N3O/c1-26(2,3)24-16-21(23(17-27)28-4)15-22(30-24)10-9-18-13-19-7-5-11-29-12-6-8-20(14-18)25(19)29/h9-10,13-16H,5-8,11-12H2,1-3H3. The van der Waals surface area contributed by atoms with E-state index < -0.39 is 0 Å². The van der Waals surface area contributed by atoms with Crippen molar-refractivity contribution >= 4 is 11.8 Å². The predicted octanol–water partition coefficient (Wildman–Crippen LogP) is 5.94. The van der Waals surface area contributed by atoms with Crippen LogP contribution in [0.5, 0.6) is 0 Å². The van der Waals surface area contributed by atoms with Crippen LogP contribution in [0.2, 0.25) is 0 Å². The summed E-state index contributed by atoms with van der Waals surface area (Å²) >= 11 is 0. The van der Waals surface area contributed by atoms with E-state index in [4.69, 9.17) is 11.3 Å². The molecular formula is C26H27N3O. The maximum atomic E-state index is 9.32. The molecule has 30 heavy (non-hydrogen) atoms. The molecule has 3 heterocycles. The lowest BCUT2D eigenvalue weighted by Crippen LogP contribution is -2.34. The lowest BCUT2D eigenvalue weighted by atomic mass is 9.90. The molecule has 0 amide bonds. The van der Waals surface area contributed by atoms with E-state index in [0.717, 1.165) is 18.6 Å². The molecule has 1 aromatic rings. The quantitative estimate of drug-likeness (QED) is 0.458. The Bertz CT molecular complexity index is 1030. The van der Waals surface area contributed by atoms with Crippen LogP contribution in [0.4, 0.5) is 5.69 Å². The van der Waals surface area contributed by atoms with Crippen LogP contribution in [0.1, 0.15) is 50.3 Å². The molecule has 0 atom stereocenters. The molecule has 0 aromatic heterocycles. The third-order valence-corrected chi connectivity index (χ3v) is 5.84. The molecule has 0 aliphatic carbocycles. The number of ether oxygens (including phenoxy) is 1. The molecule has 3 aliphatic rings. The second-order valence-corrected chi connectivity index (χ2v) is 9.15. The van der Waals surface area contributed by atoms with Crippen LogP contribution in [0.25, 0.3) is 10.9 Å². The fraction of sp³-hybridized carbons (Fsp3) is 0.385. The zero-order valence-corrected chi connectivity index (χ0v) is 18.0. The van der Waals surface area contributed by atoms with Crippen molar-refractivity contribution in [1.82, 2.24) is 0 Å². The molecule has 0 saturated heterocycles. The van der Waals surface area contributed by atoms with E-state index in [1.165, 1.54) is 48.3 Å². The van der Waals surface area contributed by atoms with Crippen molar-refractivity contribution < 1.29 is 4.74 Å². The number of allylic oxidation sites excluding steroid dienone is 6. The Morgan fingerprint density at radius 2 is 1.80 bits per heavy atom. The van der Waals surface area contributed by atoms with Crippen LogP contribution in [-0.4, -0.2) is 13.1 Å². The minimum atomic E-state index is -0.222. The molecule has 1 aromatic carbocycles. The summed E-state index contributed by atoms with van der Waals surface area (Å²) < 4.78 is 6.12. The number of hydrogen-bond donors (Lipinski definition) is 0. The zero-order chi connectivity index (χ0) is 21.3. The Hall–Kier alpha value is -3.24. The molecule has 0 N–H and O–H groups in total. The molecule has 0 unspecified atom stereocenters. The van der Waals surface area contributed by atoms with Gasteiger partial charge < -0.3 is 9.64 Å². The summed E-state index contributed by atoms with van der Waals surface area (Å²) in [4.78, 5) is 5.92. The average molecular weight is 398 g/mol. The number of hydrogen-bond acceptors (Lipinski definition) is 3. The second-order valence-electron chi connectivity index (χ2n) is 9.15. The highest BCUT2D eigenvalue weighted by molar-refractivity contribution is 5.68. The Morgan fingerprint density at radius 1 is 1.13 bits per heavy atom. The van der Waals surface area contributed by atoms with E-state index in [-0.39, 0.29) is 11.1 Å². The van der Waals surface area contributed by atoms with E-state index in [0.29, 0.717) is 11.3 Å². The van der Waals surface area contributed by atoms with Gasteiger partial charge >= 0.3 is 0 Å². The summed E-state index contributed by atoms with van der Waals surface area (Å²) in [6.07, 6.45) is 12.3. The highest BCUT2D eigenvalue weighted by Gasteiger charge is 2.25. The number of nitriles is 1. The molecule has 4 heteroatoms. The van der Waals surface area contributed by atoms with Crippen molar-refractivity contribution in [3.8, 4) is 6.07 Å². The molecule has 4 rings (SSSR count). The average Bonchev–Trinajstić information content (AvgIpc) is 2.73. The van der Waals surface area contributed by atoms with Gasteiger partial charge in [0, 0.05) is 24.2 Å². The van der Waals surface area contributed by atoms with E-state index in [9.17, 15) is 5.26 Å². The third-order valence-electron chi connectivity index (χ3n) is 5.84. The summed E-state index contributed by atoms with van der Waals surface area (Å²) in [5.41, 5.74) is 6.03. The normalized spacial score (nSPS) is 19.8. The maximum Gasteiger partial charge on any atom is 0.269 e. The monoisotopic (exact) mass is 397 g/mol. The van der Waals surface area contributed by atoms with Gasteiger partial charge in [-0.3, -0.25) is 0 Å². The van der Waals surface area contributed by atoms with Crippen LogP contribution in [-0.2, 0) is 17.6 Å². The SMILES string of the molecule is [C-]#[N+]C(C#N)=C1C=C(C=Cc2cc3c4c(c2)CCCN4CCC3)OC(C(C)(C)C)=C1. The highest BCUT2D eigenvalue weighted by Crippen LogP contribution is 2.37. The van der Waals surface area contributed by atoms with Crippen LogP contribution in [0.3, 0.4) is 0 Å². The van der Waals surface area contributed by atoms with Gasteiger partial charge in [0.05, 0.1) is 12.6 Å². The molecule has 3 aliphatic heterocycles. The van der Waals surface area contributed by atoms with E-state index >= 15 is 0 Å². The van der Waals surface area contributed by atoms with Gasteiger partial charge in [0.2, 0.25) is 0 Å². The van der Waals surface area contributed by atoms with Crippen LogP contribution in [0.15, 0.2) is 53.1 Å². The van der Waals surface area contributed by atoms with Gasteiger partial charge in [-0.25, -0.2) is 10.1 Å².